The van der Waals surface area contributed by atoms with Crippen LogP contribution in [-0.2, 0) is 4.79 Å². The lowest BCUT2D eigenvalue weighted by molar-refractivity contribution is -0.896. The quantitative estimate of drug-likeness (QED) is 0.219. The molecule has 0 amide bonds. The summed E-state index contributed by atoms with van der Waals surface area (Å²) in [6.07, 6.45) is 18.3. The number of nitrogens with zero attached hydrogens (tertiary/aromatic N) is 1. The van der Waals surface area contributed by atoms with Gasteiger partial charge in [-0.15, -0.1) is 0 Å². The van der Waals surface area contributed by atoms with Crippen molar-refractivity contribution in [1.29, 1.82) is 0 Å². The Bertz CT molecular complexity index is 367. The maximum absolute atomic E-state index is 10.7. The Labute approximate surface area is 168 Å². The monoisotopic (exact) mass is 386 g/mol. The molecule has 0 heterocycles. The molecule has 0 aliphatic rings. The molecule has 0 aromatic heterocycles. The molecular weight excluding hydrogens is 338 g/mol. The molecule has 0 aliphatic heterocycles. The Morgan fingerprint density at radius 3 is 1.63 bits per heavy atom. The van der Waals surface area contributed by atoms with Crippen LogP contribution < -0.4 is 0 Å². The van der Waals surface area contributed by atoms with E-state index in [2.05, 4.69) is 6.92 Å². The van der Waals surface area contributed by atoms with Crippen LogP contribution in [0, 0.1) is 0 Å². The van der Waals surface area contributed by atoms with Gasteiger partial charge in [0.1, 0.15) is 12.1 Å². The van der Waals surface area contributed by atoms with Crippen LogP contribution in [0.4, 0.5) is 0 Å². The molecule has 27 heavy (non-hydrogen) atoms. The van der Waals surface area contributed by atoms with E-state index >= 15 is 0 Å². The number of carboxylic acids is 1. The van der Waals surface area contributed by atoms with Gasteiger partial charge in [0.25, 0.3) is 0 Å². The standard InChI is InChI=1S/C23H47NO3/c1-5-6-7-8-9-10-11-12-13-14-15-16-17-19-23(2,27)21-24(3,4)20-18-22(25)26/h27H,5-21H2,1-4H3/p+1. The lowest BCUT2D eigenvalue weighted by Gasteiger charge is -2.36. The highest BCUT2D eigenvalue weighted by Crippen LogP contribution is 2.20. The molecule has 1 atom stereocenters. The molecule has 0 aliphatic carbocycles. The van der Waals surface area contributed by atoms with Gasteiger partial charge in [0, 0.05) is 0 Å². The molecular formula is C23H48NO3+. The number of carboxylic acid groups (broad SMARTS) is 1. The average molecular weight is 387 g/mol. The third-order valence-electron chi connectivity index (χ3n) is 5.52. The third-order valence-corrected chi connectivity index (χ3v) is 5.52. The van der Waals surface area contributed by atoms with Crippen LogP contribution in [0.25, 0.3) is 0 Å². The highest BCUT2D eigenvalue weighted by Gasteiger charge is 2.30. The van der Waals surface area contributed by atoms with Gasteiger partial charge in [0.2, 0.25) is 0 Å². The molecule has 2 N–H and O–H groups in total. The molecule has 0 fully saturated rings. The number of quaternary nitrogens is 1. The topological polar surface area (TPSA) is 57.5 Å². The SMILES string of the molecule is CCCCCCCCCCCCCCCC(C)(O)C[N+](C)(C)CCC(=O)O. The lowest BCUT2D eigenvalue weighted by Crippen LogP contribution is -2.51. The summed E-state index contributed by atoms with van der Waals surface area (Å²) >= 11 is 0. The maximum Gasteiger partial charge on any atom is 0.309 e. The fraction of sp³-hybridized carbons (Fsp3) is 0.957. The second kappa shape index (κ2) is 15.3. The van der Waals surface area contributed by atoms with E-state index in [9.17, 15) is 9.90 Å². The van der Waals surface area contributed by atoms with Crippen molar-refractivity contribution in [1.82, 2.24) is 0 Å². The van der Waals surface area contributed by atoms with Gasteiger partial charge in [-0.25, -0.2) is 0 Å². The molecule has 0 bridgehead atoms. The van der Waals surface area contributed by atoms with Gasteiger partial charge in [-0.2, -0.15) is 0 Å². The summed E-state index contributed by atoms with van der Waals surface area (Å²) in [7, 11) is 4.00. The Morgan fingerprint density at radius 1 is 0.815 bits per heavy atom. The number of hydrogen-bond donors (Lipinski definition) is 2. The van der Waals surface area contributed by atoms with Crippen molar-refractivity contribution in [3.63, 3.8) is 0 Å². The molecule has 0 aromatic carbocycles. The van der Waals surface area contributed by atoms with Crippen molar-refractivity contribution >= 4 is 5.97 Å². The van der Waals surface area contributed by atoms with E-state index in [0.717, 1.165) is 12.8 Å². The Balaban J connectivity index is 3.58. The first-order chi connectivity index (χ1) is 12.7. The Morgan fingerprint density at radius 2 is 1.22 bits per heavy atom. The van der Waals surface area contributed by atoms with Crippen LogP contribution in [0.1, 0.15) is 110 Å². The van der Waals surface area contributed by atoms with Crippen LogP contribution in [-0.4, -0.2) is 53.5 Å². The van der Waals surface area contributed by atoms with Gasteiger partial charge in [-0.05, 0) is 13.3 Å². The molecule has 0 saturated heterocycles. The van der Waals surface area contributed by atoms with Crippen molar-refractivity contribution in [2.75, 3.05) is 27.2 Å². The Kier molecular flexibility index (Phi) is 15.0. The molecule has 0 spiro atoms. The molecule has 0 aromatic rings. The van der Waals surface area contributed by atoms with E-state index in [1.54, 1.807) is 0 Å². The summed E-state index contributed by atoms with van der Waals surface area (Å²) in [5.41, 5.74) is -0.709. The molecule has 4 heteroatoms. The van der Waals surface area contributed by atoms with Crippen molar-refractivity contribution in [3.05, 3.63) is 0 Å². The maximum atomic E-state index is 10.7. The second-order valence-electron chi connectivity index (χ2n) is 9.45. The highest BCUT2D eigenvalue weighted by atomic mass is 16.4. The van der Waals surface area contributed by atoms with E-state index < -0.39 is 11.6 Å². The smallest absolute Gasteiger partial charge is 0.309 e. The second-order valence-corrected chi connectivity index (χ2v) is 9.45. The largest absolute Gasteiger partial charge is 0.481 e. The minimum absolute atomic E-state index is 0.155. The van der Waals surface area contributed by atoms with E-state index in [-0.39, 0.29) is 6.42 Å². The molecule has 0 saturated carbocycles. The van der Waals surface area contributed by atoms with E-state index in [0.29, 0.717) is 17.6 Å². The minimum Gasteiger partial charge on any atom is -0.481 e. The van der Waals surface area contributed by atoms with E-state index in [1.807, 2.05) is 21.0 Å². The van der Waals surface area contributed by atoms with E-state index in [1.165, 1.54) is 77.0 Å². The summed E-state index contributed by atoms with van der Waals surface area (Å²) in [4.78, 5) is 10.7. The number of unbranched alkanes of at least 4 members (excludes halogenated alkanes) is 12. The predicted octanol–water partition coefficient (Wildman–Crippen LogP) is 5.77. The number of hydrogen-bond acceptors (Lipinski definition) is 2. The molecule has 0 radical (unpaired) electrons. The van der Waals surface area contributed by atoms with Gasteiger partial charge in [-0.3, -0.25) is 4.79 Å². The van der Waals surface area contributed by atoms with Gasteiger partial charge < -0.3 is 14.7 Å². The molecule has 1 unspecified atom stereocenters. The summed E-state index contributed by atoms with van der Waals surface area (Å²) < 4.78 is 0.553. The molecule has 162 valence electrons. The van der Waals surface area contributed by atoms with Crippen LogP contribution in [0.15, 0.2) is 0 Å². The zero-order chi connectivity index (χ0) is 20.6. The van der Waals surface area contributed by atoms with Crippen LogP contribution in [0.2, 0.25) is 0 Å². The van der Waals surface area contributed by atoms with Crippen LogP contribution in [0.3, 0.4) is 0 Å². The molecule has 4 nitrogen and oxygen atoms in total. The van der Waals surface area contributed by atoms with Gasteiger partial charge in [0.05, 0.1) is 27.1 Å². The van der Waals surface area contributed by atoms with Crippen molar-refractivity contribution in [2.45, 2.75) is 116 Å². The number of likely N-dealkylation sites (N-methyl/N-ethyl adjacent to an activating group) is 1. The summed E-state index contributed by atoms with van der Waals surface area (Å²) in [6, 6.07) is 0. The number of rotatable bonds is 19. The summed E-state index contributed by atoms with van der Waals surface area (Å²) in [5.74, 6) is -0.766. The van der Waals surface area contributed by atoms with Crippen LogP contribution in [0.5, 0.6) is 0 Å². The average Bonchev–Trinajstić information content (AvgIpc) is 2.56. The zero-order valence-electron chi connectivity index (χ0n) is 18.8. The fourth-order valence-corrected chi connectivity index (χ4v) is 4.00. The number of carbonyl (C=O) groups is 1. The van der Waals surface area contributed by atoms with Crippen molar-refractivity contribution < 1.29 is 19.5 Å². The van der Waals surface area contributed by atoms with Gasteiger partial charge >= 0.3 is 5.97 Å². The van der Waals surface area contributed by atoms with Gasteiger partial charge in [-0.1, -0.05) is 90.4 Å². The zero-order valence-corrected chi connectivity index (χ0v) is 18.8. The predicted molar refractivity (Wildman–Crippen MR) is 115 cm³/mol. The highest BCUT2D eigenvalue weighted by molar-refractivity contribution is 5.66. The third kappa shape index (κ3) is 18.5. The van der Waals surface area contributed by atoms with Crippen molar-refractivity contribution in [2.24, 2.45) is 0 Å². The summed E-state index contributed by atoms with van der Waals surface area (Å²) in [5, 5.41) is 19.5. The summed E-state index contributed by atoms with van der Waals surface area (Å²) in [6.45, 7) is 5.33. The Hall–Kier alpha value is -0.610. The number of aliphatic carboxylic acids is 1. The number of aliphatic hydroxyl groups is 1. The lowest BCUT2D eigenvalue weighted by atomic mass is 9.96. The van der Waals surface area contributed by atoms with Crippen LogP contribution >= 0.6 is 0 Å². The fourth-order valence-electron chi connectivity index (χ4n) is 4.00. The first-order valence-electron chi connectivity index (χ1n) is 11.4. The first kappa shape index (κ1) is 26.4. The van der Waals surface area contributed by atoms with Crippen molar-refractivity contribution in [3.8, 4) is 0 Å². The van der Waals surface area contributed by atoms with E-state index in [4.69, 9.17) is 5.11 Å². The molecule has 0 rings (SSSR count). The minimum atomic E-state index is -0.766. The van der Waals surface area contributed by atoms with Gasteiger partial charge in [0.15, 0.2) is 0 Å². The normalized spacial score (nSPS) is 14.3. The first-order valence-corrected chi connectivity index (χ1v) is 11.4.